The Morgan fingerprint density at radius 1 is 1.30 bits per heavy atom. The van der Waals surface area contributed by atoms with Crippen LogP contribution in [0.5, 0.6) is 5.75 Å². The van der Waals surface area contributed by atoms with E-state index in [1.807, 2.05) is 18.2 Å². The molecule has 0 N–H and O–H groups in total. The van der Waals surface area contributed by atoms with E-state index < -0.39 is 5.54 Å². The highest BCUT2D eigenvalue weighted by molar-refractivity contribution is 5.38. The Balaban J connectivity index is 2.02. The first kappa shape index (κ1) is 13.5. The van der Waals surface area contributed by atoms with E-state index in [4.69, 9.17) is 4.74 Å². The quantitative estimate of drug-likeness (QED) is 0.825. The van der Waals surface area contributed by atoms with Crippen LogP contribution in [-0.2, 0) is 5.54 Å². The van der Waals surface area contributed by atoms with E-state index in [2.05, 4.69) is 17.0 Å². The lowest BCUT2D eigenvalue weighted by atomic mass is 9.76. The van der Waals surface area contributed by atoms with Crippen LogP contribution in [0.3, 0.4) is 0 Å². The lowest BCUT2D eigenvalue weighted by Gasteiger charge is -2.50. The van der Waals surface area contributed by atoms with Crippen LogP contribution < -0.4 is 4.74 Å². The lowest BCUT2D eigenvalue weighted by Crippen LogP contribution is -2.55. The molecule has 3 nitrogen and oxygen atoms in total. The first-order chi connectivity index (χ1) is 9.80. The molecule has 0 aliphatic carbocycles. The van der Waals surface area contributed by atoms with E-state index in [9.17, 15) is 5.26 Å². The van der Waals surface area contributed by atoms with Crippen LogP contribution in [0, 0.1) is 11.3 Å². The van der Waals surface area contributed by atoms with Crippen LogP contribution >= 0.6 is 0 Å². The van der Waals surface area contributed by atoms with Gasteiger partial charge in [0.25, 0.3) is 0 Å². The van der Waals surface area contributed by atoms with Gasteiger partial charge in [-0.05, 0) is 49.8 Å². The molecule has 2 heterocycles. The molecule has 1 aromatic rings. The smallest absolute Gasteiger partial charge is 0.135 e. The zero-order valence-corrected chi connectivity index (χ0v) is 12.1. The zero-order chi connectivity index (χ0) is 14.0. The van der Waals surface area contributed by atoms with Crippen molar-refractivity contribution in [2.45, 2.75) is 50.1 Å². The minimum Gasteiger partial charge on any atom is -0.497 e. The predicted molar refractivity (Wildman–Crippen MR) is 78.5 cm³/mol. The molecule has 20 heavy (non-hydrogen) atoms. The van der Waals surface area contributed by atoms with Gasteiger partial charge in [0, 0.05) is 12.6 Å². The van der Waals surface area contributed by atoms with Gasteiger partial charge in [-0.2, -0.15) is 5.26 Å². The number of nitriles is 1. The fraction of sp³-hybridized carbons (Fsp3) is 0.588. The van der Waals surface area contributed by atoms with Crippen molar-refractivity contribution in [1.82, 2.24) is 4.90 Å². The summed E-state index contributed by atoms with van der Waals surface area (Å²) in [7, 11) is 1.68. The molecule has 2 unspecified atom stereocenters. The number of hydrogen-bond donors (Lipinski definition) is 0. The molecule has 0 aromatic heterocycles. The Morgan fingerprint density at radius 2 is 2.15 bits per heavy atom. The van der Waals surface area contributed by atoms with Gasteiger partial charge in [0.15, 0.2) is 0 Å². The predicted octanol–water partition coefficient (Wildman–Crippen LogP) is 3.45. The third-order valence-corrected chi connectivity index (χ3v) is 4.93. The highest BCUT2D eigenvalue weighted by atomic mass is 16.5. The third kappa shape index (κ3) is 2.09. The lowest BCUT2D eigenvalue weighted by molar-refractivity contribution is 0.00851. The molecule has 0 spiro atoms. The second-order valence-electron chi connectivity index (χ2n) is 5.94. The van der Waals surface area contributed by atoms with Crippen LogP contribution in [-0.4, -0.2) is 24.6 Å². The molecule has 2 aliphatic heterocycles. The standard InChI is InChI=1S/C17H22N2O/c1-20-16-9-4-6-14(12-16)17(13-18)10-5-8-15-7-2-3-11-19(15)17/h4,6,9,12,15H,2-3,5,7-8,10-11H2,1H3. The maximum Gasteiger partial charge on any atom is 0.135 e. The van der Waals surface area contributed by atoms with Gasteiger partial charge in [0.1, 0.15) is 11.3 Å². The third-order valence-electron chi connectivity index (χ3n) is 4.93. The zero-order valence-electron chi connectivity index (χ0n) is 12.1. The van der Waals surface area contributed by atoms with Crippen molar-refractivity contribution in [3.8, 4) is 11.8 Å². The van der Waals surface area contributed by atoms with E-state index in [1.54, 1.807) is 7.11 Å². The highest BCUT2D eigenvalue weighted by Crippen LogP contribution is 2.43. The van der Waals surface area contributed by atoms with Gasteiger partial charge in [-0.15, -0.1) is 0 Å². The fourth-order valence-electron chi connectivity index (χ4n) is 3.92. The molecule has 1 aromatic carbocycles. The molecule has 0 bridgehead atoms. The summed E-state index contributed by atoms with van der Waals surface area (Å²) in [4.78, 5) is 2.47. The van der Waals surface area contributed by atoms with Gasteiger partial charge in [0.2, 0.25) is 0 Å². The second kappa shape index (κ2) is 5.46. The summed E-state index contributed by atoms with van der Waals surface area (Å²) >= 11 is 0. The molecular weight excluding hydrogens is 248 g/mol. The van der Waals surface area contributed by atoms with E-state index in [0.717, 1.165) is 30.7 Å². The summed E-state index contributed by atoms with van der Waals surface area (Å²) in [6, 6.07) is 11.3. The van der Waals surface area contributed by atoms with Gasteiger partial charge in [-0.1, -0.05) is 18.6 Å². The fourth-order valence-corrected chi connectivity index (χ4v) is 3.92. The summed E-state index contributed by atoms with van der Waals surface area (Å²) in [6.45, 7) is 1.05. The SMILES string of the molecule is COc1cccc(C2(C#N)CCCC3CCCCN32)c1. The Morgan fingerprint density at radius 3 is 2.95 bits per heavy atom. The topological polar surface area (TPSA) is 36.3 Å². The second-order valence-corrected chi connectivity index (χ2v) is 5.94. The van der Waals surface area contributed by atoms with E-state index >= 15 is 0 Å². The first-order valence-electron chi connectivity index (χ1n) is 7.63. The van der Waals surface area contributed by atoms with Crippen LogP contribution in [0.4, 0.5) is 0 Å². The molecule has 3 heteroatoms. The molecule has 0 saturated carbocycles. The minimum absolute atomic E-state index is 0.447. The monoisotopic (exact) mass is 270 g/mol. The maximum absolute atomic E-state index is 9.96. The summed E-state index contributed by atoms with van der Waals surface area (Å²) in [6.07, 6.45) is 7.09. The van der Waals surface area contributed by atoms with Gasteiger partial charge in [-0.3, -0.25) is 4.90 Å². The molecule has 2 fully saturated rings. The number of nitrogens with zero attached hydrogens (tertiary/aromatic N) is 2. The van der Waals surface area contributed by atoms with Crippen LogP contribution in [0.25, 0.3) is 0 Å². The molecule has 2 saturated heterocycles. The number of rotatable bonds is 2. The van der Waals surface area contributed by atoms with Crippen molar-refractivity contribution < 1.29 is 4.74 Å². The Labute approximate surface area is 121 Å². The number of benzene rings is 1. The molecule has 3 rings (SSSR count). The Bertz CT molecular complexity index is 520. The summed E-state index contributed by atoms with van der Waals surface area (Å²) in [5.41, 5.74) is 0.656. The summed E-state index contributed by atoms with van der Waals surface area (Å²) in [5, 5.41) is 9.96. The van der Waals surface area contributed by atoms with Crippen LogP contribution in [0.15, 0.2) is 24.3 Å². The van der Waals surface area contributed by atoms with E-state index in [-0.39, 0.29) is 0 Å². The van der Waals surface area contributed by atoms with Crippen molar-refractivity contribution in [3.05, 3.63) is 29.8 Å². The van der Waals surface area contributed by atoms with Crippen molar-refractivity contribution in [1.29, 1.82) is 5.26 Å². The van der Waals surface area contributed by atoms with Gasteiger partial charge >= 0.3 is 0 Å². The minimum atomic E-state index is -0.447. The van der Waals surface area contributed by atoms with E-state index in [1.165, 1.54) is 25.7 Å². The van der Waals surface area contributed by atoms with Crippen LogP contribution in [0.1, 0.15) is 44.1 Å². The molecule has 2 atom stereocenters. The first-order valence-corrected chi connectivity index (χ1v) is 7.63. The van der Waals surface area contributed by atoms with Crippen molar-refractivity contribution in [2.75, 3.05) is 13.7 Å². The Kier molecular flexibility index (Phi) is 3.67. The van der Waals surface area contributed by atoms with Gasteiger partial charge in [0.05, 0.1) is 13.2 Å². The summed E-state index contributed by atoms with van der Waals surface area (Å²) in [5.74, 6) is 0.844. The van der Waals surface area contributed by atoms with Gasteiger partial charge < -0.3 is 4.74 Å². The van der Waals surface area contributed by atoms with E-state index in [0.29, 0.717) is 6.04 Å². The normalized spacial score (nSPS) is 30.3. The van der Waals surface area contributed by atoms with Crippen molar-refractivity contribution >= 4 is 0 Å². The number of hydrogen-bond acceptors (Lipinski definition) is 3. The average Bonchev–Trinajstić information content (AvgIpc) is 2.54. The molecule has 106 valence electrons. The molecule has 0 amide bonds. The molecule has 2 aliphatic rings. The molecular formula is C17H22N2O. The maximum atomic E-state index is 9.96. The van der Waals surface area contributed by atoms with Crippen molar-refractivity contribution in [2.24, 2.45) is 0 Å². The van der Waals surface area contributed by atoms with Gasteiger partial charge in [-0.25, -0.2) is 0 Å². The number of fused-ring (bicyclic) bond motifs is 1. The number of ether oxygens (including phenoxy) is 1. The summed E-state index contributed by atoms with van der Waals surface area (Å²) < 4.78 is 5.34. The largest absolute Gasteiger partial charge is 0.497 e. The highest BCUT2D eigenvalue weighted by Gasteiger charge is 2.45. The Hall–Kier alpha value is -1.53. The number of methoxy groups -OCH3 is 1. The number of piperidine rings is 2. The average molecular weight is 270 g/mol. The van der Waals surface area contributed by atoms with Crippen LogP contribution in [0.2, 0.25) is 0 Å². The van der Waals surface area contributed by atoms with Crippen molar-refractivity contribution in [3.63, 3.8) is 0 Å². The molecule has 0 radical (unpaired) electrons.